The molecule has 2 rings (SSSR count). The van der Waals surface area contributed by atoms with Gasteiger partial charge in [-0.2, -0.15) is 0 Å². The Morgan fingerprint density at radius 3 is 2.14 bits per heavy atom. The average molecular weight is 347 g/mol. The van der Waals surface area contributed by atoms with Crippen molar-refractivity contribution in [2.45, 2.75) is 4.90 Å². The number of benzene rings is 1. The van der Waals surface area contributed by atoms with Crippen LogP contribution in [0.15, 0.2) is 29.2 Å². The number of methoxy groups -OCH3 is 1. The Hall–Kier alpha value is -0.660. The predicted octanol–water partition coefficient (Wildman–Crippen LogP) is 1.38. The minimum Gasteiger partial charge on any atom is -0.383 e. The fourth-order valence-electron chi connectivity index (χ4n) is 2.47. The monoisotopic (exact) mass is 346 g/mol. The summed E-state index contributed by atoms with van der Waals surface area (Å²) in [6.07, 6.45) is 0. The molecule has 0 bridgehead atoms. The van der Waals surface area contributed by atoms with Crippen molar-refractivity contribution in [2.24, 2.45) is 0 Å². The fourth-order valence-corrected chi connectivity index (χ4v) is 3.88. The summed E-state index contributed by atoms with van der Waals surface area (Å²) in [7, 11) is -1.53. The van der Waals surface area contributed by atoms with Crippen LogP contribution in [0, 0.1) is 0 Å². The quantitative estimate of drug-likeness (QED) is 0.746. The lowest BCUT2D eigenvalue weighted by atomic mass is 10.3. The molecule has 0 spiro atoms. The molecule has 5 nitrogen and oxygen atoms in total. The molecule has 0 N–H and O–H groups in total. The van der Waals surface area contributed by atoms with Crippen LogP contribution in [0.4, 0.5) is 0 Å². The highest BCUT2D eigenvalue weighted by atomic mass is 35.5. The van der Waals surface area contributed by atoms with Crippen molar-refractivity contribution in [2.75, 3.05) is 58.7 Å². The Morgan fingerprint density at radius 2 is 1.59 bits per heavy atom. The fraction of sp³-hybridized carbons (Fsp3) is 0.600. The van der Waals surface area contributed by atoms with E-state index in [4.69, 9.17) is 16.3 Å². The molecule has 1 aliphatic rings. The smallest absolute Gasteiger partial charge is 0.179 e. The molecule has 1 aromatic carbocycles. The maximum atomic E-state index is 12.3. The maximum absolute atomic E-state index is 12.3. The molecule has 124 valence electrons. The predicted molar refractivity (Wildman–Crippen MR) is 88.3 cm³/mol. The molecule has 22 heavy (non-hydrogen) atoms. The van der Waals surface area contributed by atoms with Gasteiger partial charge >= 0.3 is 0 Å². The van der Waals surface area contributed by atoms with Gasteiger partial charge in [-0.3, -0.25) is 9.80 Å². The molecule has 1 saturated heterocycles. The molecule has 1 heterocycles. The lowest BCUT2D eigenvalue weighted by molar-refractivity contribution is 0.0998. The van der Waals surface area contributed by atoms with Gasteiger partial charge in [-0.05, 0) is 24.3 Å². The van der Waals surface area contributed by atoms with Gasteiger partial charge in [-0.15, -0.1) is 0 Å². The Kier molecular flexibility index (Phi) is 6.65. The molecule has 1 aliphatic heterocycles. The van der Waals surface area contributed by atoms with E-state index >= 15 is 0 Å². The summed E-state index contributed by atoms with van der Waals surface area (Å²) in [5.41, 5.74) is 0. The van der Waals surface area contributed by atoms with E-state index in [1.807, 2.05) is 0 Å². The van der Waals surface area contributed by atoms with Crippen molar-refractivity contribution in [1.29, 1.82) is 0 Å². The number of halogens is 1. The van der Waals surface area contributed by atoms with Crippen molar-refractivity contribution >= 4 is 21.4 Å². The SMILES string of the molecule is COCCN1CCN(CCS(=O)(=O)c2ccc(Cl)cc2)CC1. The van der Waals surface area contributed by atoms with E-state index in [2.05, 4.69) is 9.80 Å². The van der Waals surface area contributed by atoms with Crippen LogP contribution >= 0.6 is 11.6 Å². The number of hydrogen-bond acceptors (Lipinski definition) is 5. The first-order valence-corrected chi connectivity index (χ1v) is 9.46. The number of ether oxygens (including phenoxy) is 1. The zero-order valence-electron chi connectivity index (χ0n) is 12.9. The van der Waals surface area contributed by atoms with E-state index in [9.17, 15) is 8.42 Å². The van der Waals surface area contributed by atoms with Crippen LogP contribution in [0.2, 0.25) is 5.02 Å². The van der Waals surface area contributed by atoms with Gasteiger partial charge in [0.25, 0.3) is 0 Å². The maximum Gasteiger partial charge on any atom is 0.179 e. The van der Waals surface area contributed by atoms with Gasteiger partial charge in [0.15, 0.2) is 9.84 Å². The van der Waals surface area contributed by atoms with Crippen molar-refractivity contribution < 1.29 is 13.2 Å². The van der Waals surface area contributed by atoms with Gasteiger partial charge in [-0.1, -0.05) is 11.6 Å². The van der Waals surface area contributed by atoms with E-state index < -0.39 is 9.84 Å². The summed E-state index contributed by atoms with van der Waals surface area (Å²) in [6.45, 7) is 5.98. The highest BCUT2D eigenvalue weighted by Crippen LogP contribution is 2.15. The first kappa shape index (κ1) is 17.7. The number of hydrogen-bond donors (Lipinski definition) is 0. The summed E-state index contributed by atoms with van der Waals surface area (Å²) in [5.74, 6) is 0.146. The zero-order chi connectivity index (χ0) is 16.0. The summed E-state index contributed by atoms with van der Waals surface area (Å²) >= 11 is 5.79. The van der Waals surface area contributed by atoms with Gasteiger partial charge in [-0.25, -0.2) is 8.42 Å². The molecule has 0 atom stereocenters. The molecule has 7 heteroatoms. The average Bonchev–Trinajstić information content (AvgIpc) is 2.52. The molecule has 0 aliphatic carbocycles. The van der Waals surface area contributed by atoms with E-state index in [0.717, 1.165) is 39.3 Å². The van der Waals surface area contributed by atoms with Crippen LogP contribution in [0.1, 0.15) is 0 Å². The van der Waals surface area contributed by atoms with Crippen LogP contribution < -0.4 is 0 Å². The number of sulfone groups is 1. The highest BCUT2D eigenvalue weighted by molar-refractivity contribution is 7.91. The molecule has 1 fully saturated rings. The molecule has 0 aromatic heterocycles. The normalized spacial score (nSPS) is 17.7. The molecule has 0 unspecified atom stereocenters. The van der Waals surface area contributed by atoms with Crippen LogP contribution in [0.25, 0.3) is 0 Å². The number of rotatable bonds is 7. The van der Waals surface area contributed by atoms with Crippen LogP contribution in [-0.2, 0) is 14.6 Å². The summed E-state index contributed by atoms with van der Waals surface area (Å²) < 4.78 is 29.7. The molecule has 0 saturated carbocycles. The van der Waals surface area contributed by atoms with Crippen LogP contribution in [0.3, 0.4) is 0 Å². The molecule has 1 aromatic rings. The number of nitrogens with zero attached hydrogens (tertiary/aromatic N) is 2. The Labute approximate surface area is 137 Å². The third kappa shape index (κ3) is 5.21. The van der Waals surface area contributed by atoms with Gasteiger partial charge < -0.3 is 4.74 Å². The minimum atomic E-state index is -3.24. The van der Waals surface area contributed by atoms with Crippen molar-refractivity contribution in [3.8, 4) is 0 Å². The third-order valence-electron chi connectivity index (χ3n) is 3.93. The van der Waals surface area contributed by atoms with Crippen LogP contribution in [0.5, 0.6) is 0 Å². The summed E-state index contributed by atoms with van der Waals surface area (Å²) in [5, 5.41) is 0.547. The largest absolute Gasteiger partial charge is 0.383 e. The van der Waals surface area contributed by atoms with Crippen molar-refractivity contribution in [3.05, 3.63) is 29.3 Å². The zero-order valence-corrected chi connectivity index (χ0v) is 14.4. The van der Waals surface area contributed by atoms with Gasteiger partial charge in [0.05, 0.1) is 17.3 Å². The van der Waals surface area contributed by atoms with Crippen molar-refractivity contribution in [3.63, 3.8) is 0 Å². The second-order valence-electron chi connectivity index (χ2n) is 5.45. The first-order valence-electron chi connectivity index (χ1n) is 7.43. The third-order valence-corrected chi connectivity index (χ3v) is 5.89. The van der Waals surface area contributed by atoms with Gasteiger partial charge in [0.2, 0.25) is 0 Å². The van der Waals surface area contributed by atoms with E-state index in [-0.39, 0.29) is 5.75 Å². The molecular weight excluding hydrogens is 324 g/mol. The lowest BCUT2D eigenvalue weighted by Gasteiger charge is -2.34. The minimum absolute atomic E-state index is 0.146. The summed E-state index contributed by atoms with van der Waals surface area (Å²) in [6, 6.07) is 6.37. The molecular formula is C15H23ClN2O3S. The molecule has 0 radical (unpaired) electrons. The second-order valence-corrected chi connectivity index (χ2v) is 7.99. The first-order chi connectivity index (χ1) is 10.5. The van der Waals surface area contributed by atoms with Gasteiger partial charge in [0.1, 0.15) is 0 Å². The van der Waals surface area contributed by atoms with Crippen LogP contribution in [-0.4, -0.2) is 77.0 Å². The molecule has 0 amide bonds. The van der Waals surface area contributed by atoms with E-state index in [1.54, 1.807) is 31.4 Å². The number of piperazine rings is 1. The van der Waals surface area contributed by atoms with E-state index in [0.29, 0.717) is 16.5 Å². The van der Waals surface area contributed by atoms with Crippen molar-refractivity contribution in [1.82, 2.24) is 9.80 Å². The second kappa shape index (κ2) is 8.26. The Balaban J connectivity index is 1.79. The highest BCUT2D eigenvalue weighted by Gasteiger charge is 2.20. The lowest BCUT2D eigenvalue weighted by Crippen LogP contribution is -2.48. The Bertz CT molecular complexity index is 555. The Morgan fingerprint density at radius 1 is 1.05 bits per heavy atom. The van der Waals surface area contributed by atoms with Gasteiger partial charge in [0, 0.05) is 51.4 Å². The van der Waals surface area contributed by atoms with E-state index in [1.165, 1.54) is 0 Å². The standard InChI is InChI=1S/C15H23ClN2O3S/c1-21-12-10-17-6-8-18(9-7-17)11-13-22(19,20)15-4-2-14(16)3-5-15/h2-5H,6-13H2,1H3. The summed E-state index contributed by atoms with van der Waals surface area (Å²) in [4.78, 5) is 4.89. The topological polar surface area (TPSA) is 49.9 Å².